The first-order chi connectivity index (χ1) is 9.72. The van der Waals surface area contributed by atoms with Crippen LogP contribution in [0.2, 0.25) is 0 Å². The Kier molecular flexibility index (Phi) is 5.74. The van der Waals surface area contributed by atoms with E-state index < -0.39 is 0 Å². The van der Waals surface area contributed by atoms with Gasteiger partial charge >= 0.3 is 0 Å². The van der Waals surface area contributed by atoms with E-state index in [4.69, 9.17) is 4.74 Å². The van der Waals surface area contributed by atoms with Crippen LogP contribution in [0.15, 0.2) is 24.3 Å². The maximum atomic E-state index is 12.3. The second kappa shape index (κ2) is 7.55. The molecule has 1 aromatic carbocycles. The summed E-state index contributed by atoms with van der Waals surface area (Å²) in [6.45, 7) is 7.27. The third-order valence-corrected chi connectivity index (χ3v) is 3.86. The van der Waals surface area contributed by atoms with Gasteiger partial charge in [0.2, 0.25) is 0 Å². The first-order valence-electron chi connectivity index (χ1n) is 7.69. The molecule has 0 bridgehead atoms. The van der Waals surface area contributed by atoms with Crippen molar-refractivity contribution in [3.8, 4) is 0 Å². The molecule has 0 saturated carbocycles. The Hall–Kier alpha value is -1.19. The van der Waals surface area contributed by atoms with Crippen LogP contribution in [0.3, 0.4) is 0 Å². The summed E-state index contributed by atoms with van der Waals surface area (Å²) in [5, 5.41) is 0. The normalized spacial score (nSPS) is 20.0. The van der Waals surface area contributed by atoms with Crippen LogP contribution >= 0.6 is 0 Å². The Morgan fingerprint density at radius 3 is 2.70 bits per heavy atom. The van der Waals surface area contributed by atoms with Crippen LogP contribution in [0.4, 0.5) is 0 Å². The predicted molar refractivity (Wildman–Crippen MR) is 81.2 cm³/mol. The van der Waals surface area contributed by atoms with E-state index in [0.29, 0.717) is 6.54 Å². The number of morpholine rings is 1. The van der Waals surface area contributed by atoms with Gasteiger partial charge in [0.1, 0.15) is 0 Å². The zero-order valence-electron chi connectivity index (χ0n) is 12.6. The van der Waals surface area contributed by atoms with Crippen LogP contribution in [0, 0.1) is 0 Å². The fourth-order valence-electron chi connectivity index (χ4n) is 2.61. The zero-order valence-corrected chi connectivity index (χ0v) is 12.6. The number of carbonyl (C=O) groups is 1. The lowest BCUT2D eigenvalue weighted by atomic mass is 10.0. The van der Waals surface area contributed by atoms with Gasteiger partial charge in [0.15, 0.2) is 5.78 Å². The molecule has 20 heavy (non-hydrogen) atoms. The number of Topliss-reactive ketones (excluding diaryl/α,β-unsaturated/α-hetero) is 1. The molecule has 1 aromatic rings. The molecule has 1 fully saturated rings. The molecule has 1 unspecified atom stereocenters. The SMILES string of the molecule is CCCc1ccc(C(=O)CN2CCOC(CC)C2)cc1. The molecule has 0 N–H and O–H groups in total. The molecule has 1 atom stereocenters. The minimum atomic E-state index is 0.213. The quantitative estimate of drug-likeness (QED) is 0.748. The highest BCUT2D eigenvalue weighted by Crippen LogP contribution is 2.11. The molecular formula is C17H25NO2. The second-order valence-corrected chi connectivity index (χ2v) is 5.51. The number of hydrogen-bond acceptors (Lipinski definition) is 3. The third-order valence-electron chi connectivity index (χ3n) is 3.86. The largest absolute Gasteiger partial charge is 0.376 e. The summed E-state index contributed by atoms with van der Waals surface area (Å²) < 4.78 is 5.63. The number of carbonyl (C=O) groups excluding carboxylic acids is 1. The minimum absolute atomic E-state index is 0.213. The summed E-state index contributed by atoms with van der Waals surface area (Å²) in [7, 11) is 0. The molecule has 3 heteroatoms. The van der Waals surface area contributed by atoms with E-state index in [9.17, 15) is 4.79 Å². The first-order valence-corrected chi connectivity index (χ1v) is 7.69. The van der Waals surface area contributed by atoms with Gasteiger partial charge in [-0.15, -0.1) is 0 Å². The molecule has 0 spiro atoms. The van der Waals surface area contributed by atoms with Gasteiger partial charge in [0, 0.05) is 18.7 Å². The average Bonchev–Trinajstić information content (AvgIpc) is 2.48. The summed E-state index contributed by atoms with van der Waals surface area (Å²) in [5.74, 6) is 0.213. The van der Waals surface area contributed by atoms with Crippen LogP contribution in [-0.2, 0) is 11.2 Å². The fraction of sp³-hybridized carbons (Fsp3) is 0.588. The number of ether oxygens (including phenoxy) is 1. The van der Waals surface area contributed by atoms with Gasteiger partial charge in [-0.2, -0.15) is 0 Å². The van der Waals surface area contributed by atoms with Crippen molar-refractivity contribution in [3.05, 3.63) is 35.4 Å². The Morgan fingerprint density at radius 2 is 2.05 bits per heavy atom. The van der Waals surface area contributed by atoms with E-state index in [2.05, 4.69) is 30.9 Å². The Balaban J connectivity index is 1.90. The van der Waals surface area contributed by atoms with Crippen LogP contribution in [0.5, 0.6) is 0 Å². The molecule has 1 saturated heterocycles. The van der Waals surface area contributed by atoms with Crippen LogP contribution in [-0.4, -0.2) is 43.0 Å². The van der Waals surface area contributed by atoms with E-state index in [1.165, 1.54) is 5.56 Å². The summed E-state index contributed by atoms with van der Waals surface area (Å²) in [5.41, 5.74) is 2.13. The van der Waals surface area contributed by atoms with Crippen molar-refractivity contribution in [3.63, 3.8) is 0 Å². The first kappa shape index (κ1) is 15.2. The average molecular weight is 275 g/mol. The number of rotatable bonds is 6. The topological polar surface area (TPSA) is 29.5 Å². The van der Waals surface area contributed by atoms with Crippen molar-refractivity contribution >= 4 is 5.78 Å². The molecule has 2 rings (SSSR count). The standard InChI is InChI=1S/C17H25NO2/c1-3-5-14-6-8-15(9-7-14)17(19)13-18-10-11-20-16(4-2)12-18/h6-9,16H,3-5,10-13H2,1-2H3. The lowest BCUT2D eigenvalue weighted by Crippen LogP contribution is -2.44. The molecule has 1 heterocycles. The summed E-state index contributed by atoms with van der Waals surface area (Å²) in [6, 6.07) is 8.08. The third kappa shape index (κ3) is 4.15. The summed E-state index contributed by atoms with van der Waals surface area (Å²) in [6.07, 6.45) is 3.51. The smallest absolute Gasteiger partial charge is 0.176 e. The van der Waals surface area contributed by atoms with Crippen molar-refractivity contribution in [2.45, 2.75) is 39.2 Å². The maximum absolute atomic E-state index is 12.3. The van der Waals surface area contributed by atoms with E-state index in [1.54, 1.807) is 0 Å². The number of nitrogens with zero attached hydrogens (tertiary/aromatic N) is 1. The zero-order chi connectivity index (χ0) is 14.4. The van der Waals surface area contributed by atoms with E-state index in [0.717, 1.165) is 44.5 Å². The highest BCUT2D eigenvalue weighted by molar-refractivity contribution is 5.97. The Labute approximate surface area is 121 Å². The number of aryl methyl sites for hydroxylation is 1. The molecule has 110 valence electrons. The molecule has 3 nitrogen and oxygen atoms in total. The number of benzene rings is 1. The van der Waals surface area contributed by atoms with Gasteiger partial charge in [-0.05, 0) is 18.4 Å². The monoisotopic (exact) mass is 275 g/mol. The van der Waals surface area contributed by atoms with Gasteiger partial charge in [-0.3, -0.25) is 9.69 Å². The fourth-order valence-corrected chi connectivity index (χ4v) is 2.61. The molecule has 0 radical (unpaired) electrons. The highest BCUT2D eigenvalue weighted by atomic mass is 16.5. The van der Waals surface area contributed by atoms with Crippen molar-refractivity contribution in [1.29, 1.82) is 0 Å². The number of ketones is 1. The summed E-state index contributed by atoms with van der Waals surface area (Å²) in [4.78, 5) is 14.5. The predicted octanol–water partition coefficient (Wildman–Crippen LogP) is 2.93. The lowest BCUT2D eigenvalue weighted by Gasteiger charge is -2.31. The lowest BCUT2D eigenvalue weighted by molar-refractivity contribution is -0.0271. The van der Waals surface area contributed by atoms with E-state index >= 15 is 0 Å². The van der Waals surface area contributed by atoms with Crippen molar-refractivity contribution < 1.29 is 9.53 Å². The van der Waals surface area contributed by atoms with Gasteiger partial charge < -0.3 is 4.74 Å². The van der Waals surface area contributed by atoms with Gasteiger partial charge in [-0.1, -0.05) is 44.5 Å². The molecule has 0 amide bonds. The Morgan fingerprint density at radius 1 is 1.30 bits per heavy atom. The minimum Gasteiger partial charge on any atom is -0.376 e. The van der Waals surface area contributed by atoms with Crippen LogP contribution in [0.1, 0.15) is 42.6 Å². The molecule has 1 aliphatic heterocycles. The molecule has 0 aromatic heterocycles. The van der Waals surface area contributed by atoms with Gasteiger partial charge in [-0.25, -0.2) is 0 Å². The molecular weight excluding hydrogens is 250 g/mol. The van der Waals surface area contributed by atoms with Gasteiger partial charge in [0.25, 0.3) is 0 Å². The van der Waals surface area contributed by atoms with E-state index in [1.807, 2.05) is 12.1 Å². The van der Waals surface area contributed by atoms with Crippen molar-refractivity contribution in [1.82, 2.24) is 4.90 Å². The highest BCUT2D eigenvalue weighted by Gasteiger charge is 2.21. The van der Waals surface area contributed by atoms with Gasteiger partial charge in [0.05, 0.1) is 19.3 Å². The second-order valence-electron chi connectivity index (χ2n) is 5.51. The number of hydrogen-bond donors (Lipinski definition) is 0. The maximum Gasteiger partial charge on any atom is 0.176 e. The summed E-state index contributed by atoms with van der Waals surface area (Å²) >= 11 is 0. The van der Waals surface area contributed by atoms with Crippen molar-refractivity contribution in [2.24, 2.45) is 0 Å². The van der Waals surface area contributed by atoms with Crippen LogP contribution < -0.4 is 0 Å². The van der Waals surface area contributed by atoms with Crippen molar-refractivity contribution in [2.75, 3.05) is 26.2 Å². The molecule has 1 aliphatic rings. The van der Waals surface area contributed by atoms with E-state index in [-0.39, 0.29) is 11.9 Å². The molecule has 0 aliphatic carbocycles. The Bertz CT molecular complexity index is 427. The van der Waals surface area contributed by atoms with Crippen LogP contribution in [0.25, 0.3) is 0 Å².